The van der Waals surface area contributed by atoms with E-state index in [9.17, 15) is 18.0 Å². The van der Waals surface area contributed by atoms with Crippen LogP contribution in [0.5, 0.6) is 5.75 Å². The number of benzene rings is 1. The van der Waals surface area contributed by atoms with E-state index in [4.69, 9.17) is 15.2 Å². The number of hydrogen-bond acceptors (Lipinski definition) is 4. The zero-order valence-corrected chi connectivity index (χ0v) is 10.5. The summed E-state index contributed by atoms with van der Waals surface area (Å²) >= 11 is 0. The van der Waals surface area contributed by atoms with Crippen LogP contribution in [0.25, 0.3) is 0 Å². The molecule has 4 nitrogen and oxygen atoms in total. The number of alkyl halides is 3. The van der Waals surface area contributed by atoms with E-state index in [0.29, 0.717) is 0 Å². The highest BCUT2D eigenvalue weighted by atomic mass is 19.4. The van der Waals surface area contributed by atoms with Gasteiger partial charge in [0.05, 0.1) is 6.61 Å². The molecule has 1 aromatic carbocycles. The molecule has 2 N–H and O–H groups in total. The van der Waals surface area contributed by atoms with Gasteiger partial charge in [0, 0.05) is 5.69 Å². The van der Waals surface area contributed by atoms with Crippen LogP contribution in [-0.2, 0) is 4.74 Å². The lowest BCUT2D eigenvalue weighted by molar-refractivity contribution is -0.189. The van der Waals surface area contributed by atoms with Gasteiger partial charge in [-0.3, -0.25) is 0 Å². The van der Waals surface area contributed by atoms with Crippen molar-refractivity contribution >= 4 is 11.7 Å². The van der Waals surface area contributed by atoms with Crippen molar-refractivity contribution < 1.29 is 27.4 Å². The minimum absolute atomic E-state index is 0.0991. The van der Waals surface area contributed by atoms with Gasteiger partial charge < -0.3 is 15.2 Å². The van der Waals surface area contributed by atoms with Crippen LogP contribution >= 0.6 is 0 Å². The normalized spacial score (nSPS) is 12.9. The number of hydrogen-bond donors (Lipinski definition) is 1. The first-order valence-electron chi connectivity index (χ1n) is 5.55. The third-order valence-electron chi connectivity index (χ3n) is 2.26. The Hall–Kier alpha value is -1.92. The third-order valence-corrected chi connectivity index (χ3v) is 2.26. The molecular weight excluding hydrogens is 263 g/mol. The molecule has 0 spiro atoms. The summed E-state index contributed by atoms with van der Waals surface area (Å²) in [5.74, 6) is -0.989. The first-order valence-corrected chi connectivity index (χ1v) is 5.55. The monoisotopic (exact) mass is 277 g/mol. The average molecular weight is 277 g/mol. The van der Waals surface area contributed by atoms with E-state index in [1.807, 2.05) is 0 Å². The fourth-order valence-electron chi connectivity index (χ4n) is 1.28. The van der Waals surface area contributed by atoms with Crippen molar-refractivity contribution in [2.75, 3.05) is 12.3 Å². The van der Waals surface area contributed by atoms with Crippen LogP contribution in [0, 0.1) is 0 Å². The molecule has 0 saturated heterocycles. The number of halogens is 3. The van der Waals surface area contributed by atoms with Gasteiger partial charge in [-0.2, -0.15) is 13.2 Å². The average Bonchev–Trinajstić information content (AvgIpc) is 2.30. The molecule has 106 valence electrons. The Bertz CT molecular complexity index is 460. The predicted molar refractivity (Wildman–Crippen MR) is 63.0 cm³/mol. The molecule has 0 aliphatic carbocycles. The molecule has 0 saturated carbocycles. The largest absolute Gasteiger partial charge is 0.480 e. The summed E-state index contributed by atoms with van der Waals surface area (Å²) in [6.07, 6.45) is -6.56. The number of carbonyl (C=O) groups is 1. The van der Waals surface area contributed by atoms with Crippen LogP contribution in [0.15, 0.2) is 18.2 Å². The Balaban J connectivity index is 3.03. The topological polar surface area (TPSA) is 61.5 Å². The van der Waals surface area contributed by atoms with Gasteiger partial charge in [0.25, 0.3) is 0 Å². The maximum absolute atomic E-state index is 12.4. The molecule has 0 aromatic heterocycles. The van der Waals surface area contributed by atoms with Gasteiger partial charge in [-0.05, 0) is 32.0 Å². The fraction of sp³-hybridized carbons (Fsp3) is 0.417. The van der Waals surface area contributed by atoms with Gasteiger partial charge >= 0.3 is 12.1 Å². The summed E-state index contributed by atoms with van der Waals surface area (Å²) < 4.78 is 46.8. The number of rotatable bonds is 4. The Morgan fingerprint density at radius 2 is 2.05 bits per heavy atom. The summed E-state index contributed by atoms with van der Waals surface area (Å²) in [6, 6.07) is 3.78. The number of nitrogens with two attached hydrogens (primary N) is 1. The fourth-order valence-corrected chi connectivity index (χ4v) is 1.28. The molecule has 0 bridgehead atoms. The first-order chi connectivity index (χ1) is 8.75. The smallest absolute Gasteiger partial charge is 0.425 e. The van der Waals surface area contributed by atoms with E-state index in [0.717, 1.165) is 6.92 Å². The number of nitrogen functional groups attached to an aromatic ring is 1. The van der Waals surface area contributed by atoms with Crippen LogP contribution in [0.1, 0.15) is 24.2 Å². The summed E-state index contributed by atoms with van der Waals surface area (Å²) in [6.45, 7) is 2.54. The Labute approximate surface area is 108 Å². The van der Waals surface area contributed by atoms with Crippen LogP contribution in [0.2, 0.25) is 0 Å². The standard InChI is InChI=1S/C12H14F3NO3/c1-3-18-11(17)9-6-8(16)4-5-10(9)19-7(2)12(13,14)15/h4-7H,3,16H2,1-2H3. The summed E-state index contributed by atoms with van der Waals surface area (Å²) in [7, 11) is 0. The lowest BCUT2D eigenvalue weighted by atomic mass is 10.1. The third kappa shape index (κ3) is 4.04. The SMILES string of the molecule is CCOC(=O)c1cc(N)ccc1OC(C)C(F)(F)F. The van der Waals surface area contributed by atoms with Crippen molar-refractivity contribution in [3.05, 3.63) is 23.8 Å². The van der Waals surface area contributed by atoms with Gasteiger partial charge in [0.2, 0.25) is 0 Å². The van der Waals surface area contributed by atoms with Gasteiger partial charge in [-0.25, -0.2) is 4.79 Å². The van der Waals surface area contributed by atoms with Gasteiger partial charge in [-0.1, -0.05) is 0 Å². The molecule has 0 aliphatic rings. The quantitative estimate of drug-likeness (QED) is 0.679. The van der Waals surface area contributed by atoms with Crippen LogP contribution in [-0.4, -0.2) is 24.9 Å². The number of anilines is 1. The molecule has 1 aromatic rings. The Morgan fingerprint density at radius 1 is 1.42 bits per heavy atom. The highest BCUT2D eigenvalue weighted by molar-refractivity contribution is 5.93. The molecule has 0 heterocycles. The van der Waals surface area contributed by atoms with Crippen molar-refractivity contribution in [2.45, 2.75) is 26.1 Å². The van der Waals surface area contributed by atoms with Crippen molar-refractivity contribution in [2.24, 2.45) is 0 Å². The summed E-state index contributed by atoms with van der Waals surface area (Å²) in [4.78, 5) is 11.6. The zero-order valence-electron chi connectivity index (χ0n) is 10.5. The lowest BCUT2D eigenvalue weighted by Crippen LogP contribution is -2.31. The molecule has 0 radical (unpaired) electrons. The first kappa shape index (κ1) is 15.1. The van der Waals surface area contributed by atoms with Crippen LogP contribution in [0.4, 0.5) is 18.9 Å². The molecule has 0 amide bonds. The highest BCUT2D eigenvalue weighted by Crippen LogP contribution is 2.28. The maximum atomic E-state index is 12.4. The second-order valence-electron chi connectivity index (χ2n) is 3.78. The van der Waals surface area contributed by atoms with Gasteiger partial charge in [0.1, 0.15) is 11.3 Å². The van der Waals surface area contributed by atoms with E-state index in [-0.39, 0.29) is 23.6 Å². The molecule has 19 heavy (non-hydrogen) atoms. The number of esters is 1. The second-order valence-corrected chi connectivity index (χ2v) is 3.78. The maximum Gasteiger partial charge on any atom is 0.425 e. The van der Waals surface area contributed by atoms with Crippen molar-refractivity contribution in [1.82, 2.24) is 0 Å². The lowest BCUT2D eigenvalue weighted by Gasteiger charge is -2.19. The van der Waals surface area contributed by atoms with Gasteiger partial charge in [-0.15, -0.1) is 0 Å². The number of carbonyl (C=O) groups excluding carboxylic acids is 1. The molecule has 0 aliphatic heterocycles. The number of ether oxygens (including phenoxy) is 2. The molecular formula is C12H14F3NO3. The minimum Gasteiger partial charge on any atom is -0.480 e. The van der Waals surface area contributed by atoms with E-state index in [2.05, 4.69) is 0 Å². The highest BCUT2D eigenvalue weighted by Gasteiger charge is 2.38. The second kappa shape index (κ2) is 5.81. The molecule has 1 atom stereocenters. The van der Waals surface area contributed by atoms with Crippen molar-refractivity contribution in [1.29, 1.82) is 0 Å². The molecule has 1 unspecified atom stereocenters. The van der Waals surface area contributed by atoms with Crippen LogP contribution in [0.3, 0.4) is 0 Å². The van der Waals surface area contributed by atoms with E-state index < -0.39 is 18.2 Å². The van der Waals surface area contributed by atoms with E-state index in [1.54, 1.807) is 6.92 Å². The van der Waals surface area contributed by atoms with E-state index >= 15 is 0 Å². The molecule has 1 rings (SSSR count). The Kier molecular flexibility index (Phi) is 4.63. The molecule has 7 heteroatoms. The van der Waals surface area contributed by atoms with E-state index in [1.165, 1.54) is 18.2 Å². The van der Waals surface area contributed by atoms with Crippen molar-refractivity contribution in [3.8, 4) is 5.75 Å². The molecule has 0 fully saturated rings. The Morgan fingerprint density at radius 3 is 2.58 bits per heavy atom. The van der Waals surface area contributed by atoms with Gasteiger partial charge in [0.15, 0.2) is 6.10 Å². The summed E-state index contributed by atoms with van der Waals surface area (Å²) in [5, 5.41) is 0. The predicted octanol–water partition coefficient (Wildman–Crippen LogP) is 2.78. The van der Waals surface area contributed by atoms with Crippen LogP contribution < -0.4 is 10.5 Å². The van der Waals surface area contributed by atoms with Crippen molar-refractivity contribution in [3.63, 3.8) is 0 Å². The summed E-state index contributed by atoms with van der Waals surface area (Å²) in [5.41, 5.74) is 5.60. The minimum atomic E-state index is -4.52. The zero-order chi connectivity index (χ0) is 14.6.